The summed E-state index contributed by atoms with van der Waals surface area (Å²) in [6.07, 6.45) is 6.06. The van der Waals surface area contributed by atoms with Gasteiger partial charge in [0.05, 0.1) is 13.2 Å². The minimum absolute atomic E-state index is 0. The molecule has 1 amide bonds. The van der Waals surface area contributed by atoms with Gasteiger partial charge in [-0.15, -0.1) is 12.4 Å². The summed E-state index contributed by atoms with van der Waals surface area (Å²) in [4.78, 5) is 12.3. The number of carbonyl (C=O) groups is 1. The summed E-state index contributed by atoms with van der Waals surface area (Å²) in [6.45, 7) is 0. The molecule has 1 saturated heterocycles. The molecule has 3 atom stereocenters. The van der Waals surface area contributed by atoms with Crippen LogP contribution in [0.1, 0.15) is 32.1 Å². The quantitative estimate of drug-likeness (QED) is 0.902. The highest BCUT2D eigenvalue weighted by atomic mass is 35.5. The number of nitrogens with one attached hydrogen (secondary N) is 2. The van der Waals surface area contributed by atoms with Crippen LogP contribution in [0.3, 0.4) is 0 Å². The van der Waals surface area contributed by atoms with Crippen LogP contribution in [0.2, 0.25) is 0 Å². The third-order valence-corrected chi connectivity index (χ3v) is 4.52. The van der Waals surface area contributed by atoms with Gasteiger partial charge in [0, 0.05) is 17.8 Å². The van der Waals surface area contributed by atoms with E-state index in [1.54, 1.807) is 7.11 Å². The summed E-state index contributed by atoms with van der Waals surface area (Å²) in [5.74, 6) is 1.52. The average molecular weight is 311 g/mol. The van der Waals surface area contributed by atoms with Crippen molar-refractivity contribution in [2.24, 2.45) is 5.92 Å². The molecule has 0 bridgehead atoms. The third-order valence-electron chi connectivity index (χ3n) is 4.52. The molecule has 1 aliphatic carbocycles. The zero-order chi connectivity index (χ0) is 13.9. The molecule has 1 heterocycles. The Balaban J connectivity index is 0.00000161. The maximum absolute atomic E-state index is 12.3. The van der Waals surface area contributed by atoms with Crippen molar-refractivity contribution < 1.29 is 9.53 Å². The zero-order valence-corrected chi connectivity index (χ0v) is 13.1. The van der Waals surface area contributed by atoms with Crippen LogP contribution in [0.5, 0.6) is 5.75 Å². The fourth-order valence-corrected chi connectivity index (χ4v) is 3.45. The van der Waals surface area contributed by atoms with Gasteiger partial charge in [-0.25, -0.2) is 0 Å². The molecule has 5 heteroatoms. The average Bonchev–Trinajstić information content (AvgIpc) is 2.91. The maximum Gasteiger partial charge on any atom is 0.241 e. The van der Waals surface area contributed by atoms with E-state index in [1.807, 2.05) is 24.3 Å². The monoisotopic (exact) mass is 310 g/mol. The minimum Gasteiger partial charge on any atom is -0.497 e. The molecule has 116 valence electrons. The number of ether oxygens (including phenoxy) is 1. The number of fused-ring (bicyclic) bond motifs is 1. The number of anilines is 1. The van der Waals surface area contributed by atoms with Crippen LogP contribution >= 0.6 is 12.4 Å². The summed E-state index contributed by atoms with van der Waals surface area (Å²) >= 11 is 0. The van der Waals surface area contributed by atoms with E-state index in [9.17, 15) is 4.79 Å². The van der Waals surface area contributed by atoms with E-state index in [1.165, 1.54) is 25.7 Å². The highest BCUT2D eigenvalue weighted by Gasteiger charge is 2.38. The Morgan fingerprint density at radius 3 is 2.90 bits per heavy atom. The second-order valence-electron chi connectivity index (χ2n) is 5.83. The molecular weight excluding hydrogens is 288 g/mol. The van der Waals surface area contributed by atoms with Crippen LogP contribution in [0.25, 0.3) is 0 Å². The van der Waals surface area contributed by atoms with Gasteiger partial charge in [-0.1, -0.05) is 18.9 Å². The Kier molecular flexibility index (Phi) is 5.48. The lowest BCUT2D eigenvalue weighted by Gasteiger charge is -2.24. The van der Waals surface area contributed by atoms with Crippen LogP contribution in [-0.4, -0.2) is 25.1 Å². The first-order chi connectivity index (χ1) is 9.76. The van der Waals surface area contributed by atoms with E-state index >= 15 is 0 Å². The highest BCUT2D eigenvalue weighted by Crippen LogP contribution is 2.33. The van der Waals surface area contributed by atoms with Gasteiger partial charge in [0.25, 0.3) is 0 Å². The van der Waals surface area contributed by atoms with Crippen LogP contribution in [0.15, 0.2) is 24.3 Å². The molecule has 0 aromatic heterocycles. The summed E-state index contributed by atoms with van der Waals surface area (Å²) in [7, 11) is 1.63. The number of amides is 1. The predicted molar refractivity (Wildman–Crippen MR) is 86.2 cm³/mol. The number of hydrogen-bond acceptors (Lipinski definition) is 3. The van der Waals surface area contributed by atoms with Gasteiger partial charge in [0.15, 0.2) is 0 Å². The molecular formula is C16H23ClN2O2. The van der Waals surface area contributed by atoms with Crippen molar-refractivity contribution >= 4 is 24.0 Å². The maximum atomic E-state index is 12.3. The number of carbonyl (C=O) groups excluding carboxylic acids is 1. The molecule has 1 aromatic carbocycles. The zero-order valence-electron chi connectivity index (χ0n) is 12.3. The minimum atomic E-state index is -0.0469. The van der Waals surface area contributed by atoms with Crippen molar-refractivity contribution in [3.8, 4) is 5.75 Å². The highest BCUT2D eigenvalue weighted by molar-refractivity contribution is 5.95. The molecule has 21 heavy (non-hydrogen) atoms. The fourth-order valence-electron chi connectivity index (χ4n) is 3.45. The lowest BCUT2D eigenvalue weighted by atomic mass is 9.85. The van der Waals surface area contributed by atoms with E-state index in [0.29, 0.717) is 12.0 Å². The largest absolute Gasteiger partial charge is 0.497 e. The molecule has 0 spiro atoms. The molecule has 2 fully saturated rings. The van der Waals surface area contributed by atoms with E-state index in [0.717, 1.165) is 17.9 Å². The van der Waals surface area contributed by atoms with Crippen molar-refractivity contribution in [1.82, 2.24) is 5.32 Å². The summed E-state index contributed by atoms with van der Waals surface area (Å²) in [6, 6.07) is 8.00. The van der Waals surface area contributed by atoms with Gasteiger partial charge in [0.1, 0.15) is 5.75 Å². The molecule has 4 nitrogen and oxygen atoms in total. The lowest BCUT2D eigenvalue weighted by molar-refractivity contribution is -0.117. The molecule has 2 N–H and O–H groups in total. The number of halogens is 1. The smallest absolute Gasteiger partial charge is 0.241 e. The van der Waals surface area contributed by atoms with Gasteiger partial charge in [-0.3, -0.25) is 4.79 Å². The Morgan fingerprint density at radius 2 is 2.14 bits per heavy atom. The van der Waals surface area contributed by atoms with Crippen LogP contribution < -0.4 is 15.4 Å². The number of hydrogen-bond donors (Lipinski definition) is 2. The second-order valence-corrected chi connectivity index (χ2v) is 5.83. The molecule has 3 unspecified atom stereocenters. The van der Waals surface area contributed by atoms with Crippen molar-refractivity contribution in [3.05, 3.63) is 24.3 Å². The van der Waals surface area contributed by atoms with E-state index in [4.69, 9.17) is 4.74 Å². The predicted octanol–water partition coefficient (Wildman–Crippen LogP) is 2.98. The molecule has 3 rings (SSSR count). The molecule has 1 aliphatic heterocycles. The van der Waals surface area contributed by atoms with Gasteiger partial charge in [-0.05, 0) is 37.3 Å². The summed E-state index contributed by atoms with van der Waals surface area (Å²) in [5.41, 5.74) is 0.797. The second kappa shape index (κ2) is 7.14. The standard InChI is InChI=1S/C16H22N2O2.ClH/c1-20-13-7-4-6-12(10-13)17-16(19)15-9-11-5-2-3-8-14(11)18-15;/h4,6-7,10-11,14-15,18H,2-3,5,8-9H2,1H3,(H,17,19);1H. The van der Waals surface area contributed by atoms with Crippen molar-refractivity contribution in [2.75, 3.05) is 12.4 Å². The van der Waals surface area contributed by atoms with Gasteiger partial charge in [-0.2, -0.15) is 0 Å². The Labute approximate surface area is 132 Å². The van der Waals surface area contributed by atoms with Crippen LogP contribution in [-0.2, 0) is 4.79 Å². The Hall–Kier alpha value is -1.26. The van der Waals surface area contributed by atoms with Gasteiger partial charge >= 0.3 is 0 Å². The first-order valence-electron chi connectivity index (χ1n) is 7.47. The van der Waals surface area contributed by atoms with E-state index < -0.39 is 0 Å². The first-order valence-corrected chi connectivity index (χ1v) is 7.47. The van der Waals surface area contributed by atoms with E-state index in [2.05, 4.69) is 10.6 Å². The number of benzene rings is 1. The summed E-state index contributed by atoms with van der Waals surface area (Å²) < 4.78 is 5.17. The fraction of sp³-hybridized carbons (Fsp3) is 0.562. The molecule has 1 saturated carbocycles. The topological polar surface area (TPSA) is 50.4 Å². The number of methoxy groups -OCH3 is 1. The SMILES string of the molecule is COc1cccc(NC(=O)C2CC3CCCCC3N2)c1.Cl. The number of rotatable bonds is 3. The lowest BCUT2D eigenvalue weighted by Crippen LogP contribution is -2.39. The summed E-state index contributed by atoms with van der Waals surface area (Å²) in [5, 5.41) is 6.49. The molecule has 2 aliphatic rings. The van der Waals surface area contributed by atoms with Gasteiger partial charge in [0.2, 0.25) is 5.91 Å². The van der Waals surface area contributed by atoms with Crippen molar-refractivity contribution in [2.45, 2.75) is 44.2 Å². The van der Waals surface area contributed by atoms with Crippen molar-refractivity contribution in [1.29, 1.82) is 0 Å². The van der Waals surface area contributed by atoms with E-state index in [-0.39, 0.29) is 24.4 Å². The first kappa shape index (κ1) is 16.1. The van der Waals surface area contributed by atoms with Crippen LogP contribution in [0, 0.1) is 5.92 Å². The molecule has 0 radical (unpaired) electrons. The third kappa shape index (κ3) is 3.69. The van der Waals surface area contributed by atoms with Gasteiger partial charge < -0.3 is 15.4 Å². The van der Waals surface area contributed by atoms with Crippen molar-refractivity contribution in [3.63, 3.8) is 0 Å². The molecule has 1 aromatic rings. The normalized spacial score (nSPS) is 27.4. The van der Waals surface area contributed by atoms with Crippen LogP contribution in [0.4, 0.5) is 5.69 Å². The Morgan fingerprint density at radius 1 is 1.33 bits per heavy atom. The Bertz CT molecular complexity index is 481.